The minimum atomic E-state index is -0.428. The second kappa shape index (κ2) is 7.71. The molecule has 28 heavy (non-hydrogen) atoms. The van der Waals surface area contributed by atoms with Crippen LogP contribution in [0.2, 0.25) is 0 Å². The molecule has 1 amide bonds. The molecule has 7 nitrogen and oxygen atoms in total. The quantitative estimate of drug-likeness (QED) is 0.618. The van der Waals surface area contributed by atoms with Gasteiger partial charge in [-0.05, 0) is 19.1 Å². The van der Waals surface area contributed by atoms with Crippen molar-refractivity contribution in [3.63, 3.8) is 0 Å². The lowest BCUT2D eigenvalue weighted by Gasteiger charge is -2.27. The van der Waals surface area contributed by atoms with Gasteiger partial charge < -0.3 is 9.64 Å². The molecule has 0 radical (unpaired) electrons. The van der Waals surface area contributed by atoms with Gasteiger partial charge in [-0.2, -0.15) is 5.10 Å². The van der Waals surface area contributed by atoms with E-state index < -0.39 is 5.97 Å². The summed E-state index contributed by atoms with van der Waals surface area (Å²) >= 11 is 1.63. The first kappa shape index (κ1) is 18.6. The second-order valence-corrected chi connectivity index (χ2v) is 7.87. The van der Waals surface area contributed by atoms with E-state index in [9.17, 15) is 9.59 Å². The van der Waals surface area contributed by atoms with Crippen LogP contribution in [-0.2, 0) is 36.0 Å². The number of ether oxygens (including phenoxy) is 1. The number of carbonyl (C=O) groups is 2. The van der Waals surface area contributed by atoms with E-state index in [1.54, 1.807) is 27.8 Å². The summed E-state index contributed by atoms with van der Waals surface area (Å²) in [5.41, 5.74) is 3.11. The molecule has 4 rings (SSSR count). The van der Waals surface area contributed by atoms with Crippen molar-refractivity contribution in [3.05, 3.63) is 46.2 Å². The second-order valence-electron chi connectivity index (χ2n) is 6.76. The zero-order valence-corrected chi connectivity index (χ0v) is 16.8. The van der Waals surface area contributed by atoms with E-state index >= 15 is 0 Å². The largest absolute Gasteiger partial charge is 0.461 e. The molecule has 0 unspecified atom stereocenters. The highest BCUT2D eigenvalue weighted by Gasteiger charge is 2.29. The van der Waals surface area contributed by atoms with Crippen molar-refractivity contribution in [2.24, 2.45) is 7.05 Å². The van der Waals surface area contributed by atoms with Crippen LogP contribution < -0.4 is 0 Å². The smallest absolute Gasteiger partial charge is 0.359 e. The standard InChI is InChI=1S/C20H22N4O3S/c1-3-27-20(26)19-13-12-24(11-10-15(13)23(2)22-19)18(25)9-8-17-21-14-6-4-5-7-16(14)28-17/h4-7H,3,8-12H2,1-2H3. The van der Waals surface area contributed by atoms with E-state index in [-0.39, 0.29) is 5.91 Å². The van der Waals surface area contributed by atoms with Crippen molar-refractivity contribution >= 4 is 33.4 Å². The topological polar surface area (TPSA) is 77.3 Å². The van der Waals surface area contributed by atoms with Gasteiger partial charge in [-0.1, -0.05) is 12.1 Å². The Hall–Kier alpha value is -2.74. The Balaban J connectivity index is 1.44. The molecule has 0 fully saturated rings. The number of para-hydroxylation sites is 1. The van der Waals surface area contributed by atoms with Crippen LogP contribution >= 0.6 is 11.3 Å². The molecular weight excluding hydrogens is 376 g/mol. The molecule has 1 aliphatic heterocycles. The highest BCUT2D eigenvalue weighted by atomic mass is 32.1. The monoisotopic (exact) mass is 398 g/mol. The molecule has 0 spiro atoms. The first-order valence-corrected chi connectivity index (χ1v) is 10.2. The average molecular weight is 398 g/mol. The maximum absolute atomic E-state index is 12.8. The highest BCUT2D eigenvalue weighted by Crippen LogP contribution is 2.25. The number of rotatable bonds is 5. The number of thiazole rings is 1. The molecule has 3 aromatic rings. The van der Waals surface area contributed by atoms with Gasteiger partial charge in [0.05, 0.1) is 21.8 Å². The number of esters is 1. The Bertz CT molecular complexity index is 1010. The maximum Gasteiger partial charge on any atom is 0.359 e. The molecule has 0 saturated carbocycles. The van der Waals surface area contributed by atoms with Crippen LogP contribution in [0.3, 0.4) is 0 Å². The molecule has 8 heteroatoms. The molecule has 1 aromatic carbocycles. The Morgan fingerprint density at radius 1 is 1.29 bits per heavy atom. The Kier molecular flexibility index (Phi) is 5.13. The van der Waals surface area contributed by atoms with Gasteiger partial charge in [-0.3, -0.25) is 9.48 Å². The molecule has 1 aliphatic rings. The van der Waals surface area contributed by atoms with Gasteiger partial charge in [0, 0.05) is 50.7 Å². The number of amides is 1. The molecule has 3 heterocycles. The highest BCUT2D eigenvalue weighted by molar-refractivity contribution is 7.18. The van der Waals surface area contributed by atoms with Gasteiger partial charge in [0.15, 0.2) is 5.69 Å². The molecule has 2 aromatic heterocycles. The lowest BCUT2D eigenvalue weighted by atomic mass is 10.0. The van der Waals surface area contributed by atoms with Crippen LogP contribution in [0.1, 0.15) is 40.1 Å². The molecule has 0 saturated heterocycles. The first-order valence-electron chi connectivity index (χ1n) is 9.41. The molecule has 0 N–H and O–H groups in total. The molecule has 0 atom stereocenters. The van der Waals surface area contributed by atoms with Crippen molar-refractivity contribution in [2.45, 2.75) is 32.7 Å². The van der Waals surface area contributed by atoms with Crippen molar-refractivity contribution in [1.82, 2.24) is 19.7 Å². The Morgan fingerprint density at radius 3 is 2.89 bits per heavy atom. The zero-order valence-electron chi connectivity index (χ0n) is 16.0. The van der Waals surface area contributed by atoms with E-state index in [0.717, 1.165) is 26.5 Å². The van der Waals surface area contributed by atoms with Crippen LogP contribution in [0.25, 0.3) is 10.2 Å². The lowest BCUT2D eigenvalue weighted by molar-refractivity contribution is -0.132. The maximum atomic E-state index is 12.8. The molecule has 0 aliphatic carbocycles. The number of carbonyl (C=O) groups excluding carboxylic acids is 2. The van der Waals surface area contributed by atoms with E-state index in [1.165, 1.54) is 0 Å². The number of aryl methyl sites for hydroxylation is 2. The number of nitrogens with zero attached hydrogens (tertiary/aromatic N) is 4. The van der Waals surface area contributed by atoms with Crippen molar-refractivity contribution in [2.75, 3.05) is 13.2 Å². The van der Waals surface area contributed by atoms with E-state index in [2.05, 4.69) is 10.1 Å². The summed E-state index contributed by atoms with van der Waals surface area (Å²) in [7, 11) is 1.83. The lowest BCUT2D eigenvalue weighted by Crippen LogP contribution is -2.36. The zero-order chi connectivity index (χ0) is 19.7. The van der Waals surface area contributed by atoms with E-state index in [4.69, 9.17) is 4.74 Å². The van der Waals surface area contributed by atoms with Crippen molar-refractivity contribution in [1.29, 1.82) is 0 Å². The third-order valence-electron chi connectivity index (χ3n) is 4.95. The number of aromatic nitrogens is 3. The number of fused-ring (bicyclic) bond motifs is 2. The van der Waals surface area contributed by atoms with Crippen LogP contribution in [-0.4, -0.2) is 44.7 Å². The summed E-state index contributed by atoms with van der Waals surface area (Å²) in [4.78, 5) is 31.4. The summed E-state index contributed by atoms with van der Waals surface area (Å²) in [6, 6.07) is 8.00. The van der Waals surface area contributed by atoms with Crippen LogP contribution in [0.4, 0.5) is 0 Å². The summed E-state index contributed by atoms with van der Waals surface area (Å²) in [5, 5.41) is 5.29. The van der Waals surface area contributed by atoms with E-state index in [0.29, 0.717) is 44.7 Å². The minimum Gasteiger partial charge on any atom is -0.461 e. The van der Waals surface area contributed by atoms with Gasteiger partial charge in [-0.25, -0.2) is 9.78 Å². The third kappa shape index (κ3) is 3.52. The summed E-state index contributed by atoms with van der Waals surface area (Å²) in [6.07, 6.45) is 1.72. The third-order valence-corrected chi connectivity index (χ3v) is 6.05. The predicted octanol–water partition coefficient (Wildman–Crippen LogP) is 2.72. The Labute approximate surface area is 166 Å². The molecule has 0 bridgehead atoms. The minimum absolute atomic E-state index is 0.0727. The SMILES string of the molecule is CCOC(=O)c1nn(C)c2c1CN(C(=O)CCc1nc3ccccc3s1)CC2. The van der Waals surface area contributed by atoms with Gasteiger partial charge in [0.25, 0.3) is 0 Å². The van der Waals surface area contributed by atoms with Gasteiger partial charge >= 0.3 is 5.97 Å². The van der Waals surface area contributed by atoms with Crippen molar-refractivity contribution < 1.29 is 14.3 Å². The van der Waals surface area contributed by atoms with E-state index in [1.807, 2.05) is 31.3 Å². The number of benzene rings is 1. The summed E-state index contributed by atoms with van der Waals surface area (Å²) in [6.45, 7) is 3.10. The number of hydrogen-bond acceptors (Lipinski definition) is 6. The van der Waals surface area contributed by atoms with Gasteiger partial charge in [-0.15, -0.1) is 11.3 Å². The molecule has 146 valence electrons. The fraction of sp³-hybridized carbons (Fsp3) is 0.400. The van der Waals surface area contributed by atoms with Gasteiger partial charge in [0.1, 0.15) is 0 Å². The normalized spacial score (nSPS) is 13.6. The fourth-order valence-electron chi connectivity index (χ4n) is 3.57. The number of hydrogen-bond donors (Lipinski definition) is 0. The van der Waals surface area contributed by atoms with Crippen LogP contribution in [0.5, 0.6) is 0 Å². The summed E-state index contributed by atoms with van der Waals surface area (Å²) < 4.78 is 7.98. The first-order chi connectivity index (χ1) is 13.6. The van der Waals surface area contributed by atoms with Crippen LogP contribution in [0, 0.1) is 0 Å². The summed E-state index contributed by atoms with van der Waals surface area (Å²) in [5.74, 6) is -0.355. The fourth-order valence-corrected chi connectivity index (χ4v) is 4.53. The molecular formula is C20H22N4O3S. The van der Waals surface area contributed by atoms with Crippen molar-refractivity contribution in [3.8, 4) is 0 Å². The average Bonchev–Trinajstić information content (AvgIpc) is 3.26. The van der Waals surface area contributed by atoms with Gasteiger partial charge in [0.2, 0.25) is 5.91 Å². The van der Waals surface area contributed by atoms with Crippen LogP contribution in [0.15, 0.2) is 24.3 Å². The predicted molar refractivity (Wildman–Crippen MR) is 106 cm³/mol. The Morgan fingerprint density at radius 2 is 2.11 bits per heavy atom.